The molecule has 1 aliphatic rings. The highest BCUT2D eigenvalue weighted by molar-refractivity contribution is 7.99. The zero-order valence-corrected chi connectivity index (χ0v) is 12.2. The van der Waals surface area contributed by atoms with Gasteiger partial charge in [-0.3, -0.25) is 0 Å². The summed E-state index contributed by atoms with van der Waals surface area (Å²) in [5.41, 5.74) is 0. The Bertz CT molecular complexity index is 450. The first-order chi connectivity index (χ1) is 9.09. The van der Waals surface area contributed by atoms with E-state index in [1.807, 2.05) is 17.5 Å². The molecule has 104 valence electrons. The fourth-order valence-electron chi connectivity index (χ4n) is 1.88. The van der Waals surface area contributed by atoms with Gasteiger partial charge in [0.25, 0.3) is 0 Å². The van der Waals surface area contributed by atoms with Crippen LogP contribution in [-0.4, -0.2) is 58.2 Å². The third-order valence-electron chi connectivity index (χ3n) is 3.01. The summed E-state index contributed by atoms with van der Waals surface area (Å²) < 4.78 is 0. The van der Waals surface area contributed by atoms with Crippen LogP contribution < -0.4 is 0 Å². The van der Waals surface area contributed by atoms with E-state index in [0.29, 0.717) is 18.2 Å². The highest BCUT2D eigenvalue weighted by Gasteiger charge is 2.35. The molecule has 1 aromatic rings. The summed E-state index contributed by atoms with van der Waals surface area (Å²) in [6.45, 7) is 0.604. The van der Waals surface area contributed by atoms with E-state index in [-0.39, 0.29) is 6.03 Å². The molecule has 0 unspecified atom stereocenters. The Kier molecular flexibility index (Phi) is 4.71. The predicted octanol–water partition coefficient (Wildman–Crippen LogP) is 1.80. The van der Waals surface area contributed by atoms with Gasteiger partial charge in [-0.15, -0.1) is 23.1 Å². The van der Waals surface area contributed by atoms with Crippen molar-refractivity contribution in [3.8, 4) is 0 Å². The molecule has 1 N–H and O–H groups in total. The number of thiophene rings is 1. The second-order valence-electron chi connectivity index (χ2n) is 4.36. The zero-order valence-electron chi connectivity index (χ0n) is 10.6. The van der Waals surface area contributed by atoms with Crippen molar-refractivity contribution >= 4 is 35.1 Å². The van der Waals surface area contributed by atoms with Gasteiger partial charge in [0.1, 0.15) is 6.04 Å². The number of thioether (sulfide) groups is 1. The summed E-state index contributed by atoms with van der Waals surface area (Å²) in [5.74, 6) is 0.00362. The Hall–Kier alpha value is -1.21. The van der Waals surface area contributed by atoms with Gasteiger partial charge in [0.2, 0.25) is 0 Å². The number of urea groups is 1. The summed E-state index contributed by atoms with van der Waals surface area (Å²) in [6.07, 6.45) is 0.804. The Morgan fingerprint density at radius 2 is 2.37 bits per heavy atom. The van der Waals surface area contributed by atoms with Crippen LogP contribution in [0.1, 0.15) is 4.88 Å². The normalized spacial score (nSPS) is 18.6. The summed E-state index contributed by atoms with van der Waals surface area (Å²) >= 11 is 3.14. The molecule has 1 aliphatic heterocycles. The highest BCUT2D eigenvalue weighted by Crippen LogP contribution is 2.22. The van der Waals surface area contributed by atoms with Gasteiger partial charge in [-0.25, -0.2) is 9.59 Å². The van der Waals surface area contributed by atoms with E-state index in [0.717, 1.165) is 6.42 Å². The van der Waals surface area contributed by atoms with Crippen LogP contribution in [0.5, 0.6) is 0 Å². The maximum atomic E-state index is 12.2. The third-order valence-corrected chi connectivity index (χ3v) is 4.96. The van der Waals surface area contributed by atoms with Crippen molar-refractivity contribution in [1.29, 1.82) is 0 Å². The van der Waals surface area contributed by atoms with Gasteiger partial charge in [0, 0.05) is 24.2 Å². The van der Waals surface area contributed by atoms with E-state index >= 15 is 0 Å². The van der Waals surface area contributed by atoms with Crippen LogP contribution >= 0.6 is 23.1 Å². The molecular weight excluding hydrogens is 284 g/mol. The second kappa shape index (κ2) is 6.29. The number of likely N-dealkylation sites (N-methyl/N-ethyl adjacent to an activating group) is 1. The van der Waals surface area contributed by atoms with E-state index in [2.05, 4.69) is 0 Å². The number of hydrogen-bond acceptors (Lipinski definition) is 4. The van der Waals surface area contributed by atoms with E-state index in [4.69, 9.17) is 5.11 Å². The molecule has 1 atom stereocenters. The first kappa shape index (κ1) is 14.2. The third kappa shape index (κ3) is 3.42. The molecule has 19 heavy (non-hydrogen) atoms. The molecule has 0 spiro atoms. The topological polar surface area (TPSA) is 60.9 Å². The number of carboxylic acid groups (broad SMARTS) is 1. The maximum absolute atomic E-state index is 12.2. The van der Waals surface area contributed by atoms with Crippen molar-refractivity contribution in [3.63, 3.8) is 0 Å². The fourth-order valence-corrected chi connectivity index (χ4v) is 3.72. The van der Waals surface area contributed by atoms with E-state index < -0.39 is 12.0 Å². The average molecular weight is 300 g/mol. The largest absolute Gasteiger partial charge is 0.480 e. The smallest absolute Gasteiger partial charge is 0.327 e. The predicted molar refractivity (Wildman–Crippen MR) is 76.6 cm³/mol. The summed E-state index contributed by atoms with van der Waals surface area (Å²) in [7, 11) is 1.72. The summed E-state index contributed by atoms with van der Waals surface area (Å²) in [4.78, 5) is 27.5. The van der Waals surface area contributed by atoms with E-state index in [9.17, 15) is 9.59 Å². The van der Waals surface area contributed by atoms with Crippen molar-refractivity contribution in [2.45, 2.75) is 12.5 Å². The number of nitrogens with zero attached hydrogens (tertiary/aromatic N) is 2. The van der Waals surface area contributed by atoms with Gasteiger partial charge in [-0.2, -0.15) is 0 Å². The highest BCUT2D eigenvalue weighted by atomic mass is 32.2. The Balaban J connectivity index is 1.89. The van der Waals surface area contributed by atoms with Crippen LogP contribution in [0.15, 0.2) is 17.5 Å². The molecule has 7 heteroatoms. The van der Waals surface area contributed by atoms with E-state index in [1.165, 1.54) is 21.5 Å². The number of aliphatic carboxylic acids is 1. The fraction of sp³-hybridized carbons (Fsp3) is 0.500. The average Bonchev–Trinajstić information content (AvgIpc) is 3.05. The lowest BCUT2D eigenvalue weighted by molar-refractivity contribution is -0.140. The summed E-state index contributed by atoms with van der Waals surface area (Å²) in [6, 6.07) is 3.13. The SMILES string of the molecule is CN(CCc1cccs1)C(=O)N1CSC[C@H]1C(=O)O. The van der Waals surface area contributed by atoms with Crippen LogP contribution in [0, 0.1) is 0 Å². The molecule has 1 saturated heterocycles. The van der Waals surface area contributed by atoms with Crippen molar-refractivity contribution in [1.82, 2.24) is 9.80 Å². The molecule has 0 saturated carbocycles. The number of rotatable bonds is 4. The minimum atomic E-state index is -0.926. The van der Waals surface area contributed by atoms with Crippen LogP contribution in [0.3, 0.4) is 0 Å². The Morgan fingerprint density at radius 3 is 3.00 bits per heavy atom. The number of carboxylic acids is 1. The first-order valence-electron chi connectivity index (χ1n) is 5.94. The lowest BCUT2D eigenvalue weighted by Crippen LogP contribution is -2.47. The molecule has 2 rings (SSSR count). The number of carbonyl (C=O) groups excluding carboxylic acids is 1. The Morgan fingerprint density at radius 1 is 1.58 bits per heavy atom. The maximum Gasteiger partial charge on any atom is 0.327 e. The second-order valence-corrected chi connectivity index (χ2v) is 6.39. The van der Waals surface area contributed by atoms with Crippen LogP contribution in [0.25, 0.3) is 0 Å². The summed E-state index contributed by atoms with van der Waals surface area (Å²) in [5, 5.41) is 11.1. The first-order valence-corrected chi connectivity index (χ1v) is 7.97. The van der Waals surface area contributed by atoms with Crippen LogP contribution in [0.2, 0.25) is 0 Å². The van der Waals surface area contributed by atoms with Crippen LogP contribution in [-0.2, 0) is 11.2 Å². The van der Waals surface area contributed by atoms with Crippen molar-refractivity contribution in [3.05, 3.63) is 22.4 Å². The van der Waals surface area contributed by atoms with Crippen LogP contribution in [0.4, 0.5) is 4.79 Å². The molecule has 0 bridgehead atoms. The van der Waals surface area contributed by atoms with Gasteiger partial charge in [-0.1, -0.05) is 6.07 Å². The molecule has 1 fully saturated rings. The Labute approximate surface area is 120 Å². The number of carbonyl (C=O) groups is 2. The standard InChI is InChI=1S/C12H16N2O3S2/c1-13(5-4-9-3-2-6-19-9)12(17)14-8-18-7-10(14)11(15)16/h2-3,6,10H,4-5,7-8H2,1H3,(H,15,16)/t10-/m0/s1. The molecule has 0 aromatic carbocycles. The molecular formula is C12H16N2O3S2. The quantitative estimate of drug-likeness (QED) is 0.921. The van der Waals surface area contributed by atoms with Crippen molar-refractivity contribution < 1.29 is 14.7 Å². The number of hydrogen-bond donors (Lipinski definition) is 1. The van der Waals surface area contributed by atoms with Gasteiger partial charge in [-0.05, 0) is 17.9 Å². The van der Waals surface area contributed by atoms with Crippen molar-refractivity contribution in [2.75, 3.05) is 25.2 Å². The van der Waals surface area contributed by atoms with Gasteiger partial charge in [0.15, 0.2) is 0 Å². The number of amides is 2. The minimum Gasteiger partial charge on any atom is -0.480 e. The monoisotopic (exact) mass is 300 g/mol. The molecule has 0 aliphatic carbocycles. The van der Waals surface area contributed by atoms with Gasteiger partial charge < -0.3 is 14.9 Å². The van der Waals surface area contributed by atoms with Crippen molar-refractivity contribution in [2.24, 2.45) is 0 Å². The minimum absolute atomic E-state index is 0.200. The van der Waals surface area contributed by atoms with Gasteiger partial charge >= 0.3 is 12.0 Å². The van der Waals surface area contributed by atoms with Gasteiger partial charge in [0.05, 0.1) is 5.88 Å². The lowest BCUT2D eigenvalue weighted by Gasteiger charge is -2.26. The molecule has 2 heterocycles. The molecule has 5 nitrogen and oxygen atoms in total. The molecule has 2 amide bonds. The molecule has 1 aromatic heterocycles. The zero-order chi connectivity index (χ0) is 13.8. The lowest BCUT2D eigenvalue weighted by atomic mass is 10.3. The molecule has 0 radical (unpaired) electrons. The van der Waals surface area contributed by atoms with E-state index in [1.54, 1.807) is 23.3 Å².